The molecule has 3 aromatic rings. The maximum atomic E-state index is 13.7. The zero-order valence-corrected chi connectivity index (χ0v) is 12.3. The molecule has 0 amide bonds. The molecule has 0 atom stereocenters. The van der Waals surface area contributed by atoms with Crippen LogP contribution in [0.3, 0.4) is 0 Å². The van der Waals surface area contributed by atoms with Crippen LogP contribution in [0.2, 0.25) is 0 Å². The van der Waals surface area contributed by atoms with Crippen molar-refractivity contribution in [1.82, 2.24) is 4.98 Å². The summed E-state index contributed by atoms with van der Waals surface area (Å²) in [6.07, 6.45) is 0.418. The fourth-order valence-corrected chi connectivity index (χ4v) is 2.96. The summed E-state index contributed by atoms with van der Waals surface area (Å²) in [5, 5.41) is 11.6. The van der Waals surface area contributed by atoms with Crippen molar-refractivity contribution < 1.29 is 14.3 Å². The van der Waals surface area contributed by atoms with Crippen molar-refractivity contribution in [1.29, 1.82) is 0 Å². The van der Waals surface area contributed by atoms with Gasteiger partial charge in [-0.05, 0) is 23.8 Å². The number of halogens is 1. The van der Waals surface area contributed by atoms with E-state index in [0.717, 1.165) is 16.3 Å². The van der Waals surface area contributed by atoms with E-state index in [1.165, 1.54) is 17.4 Å². The number of nitrogens with zero attached hydrogens (tertiary/aromatic N) is 1. The minimum absolute atomic E-state index is 0.225. The Kier molecular flexibility index (Phi) is 3.98. The topological polar surface area (TPSA) is 50.2 Å². The summed E-state index contributed by atoms with van der Waals surface area (Å²) < 4.78 is 13.7. The molecule has 0 aliphatic rings. The van der Waals surface area contributed by atoms with Gasteiger partial charge in [0, 0.05) is 17.4 Å². The average Bonchev–Trinajstić information content (AvgIpc) is 2.98. The molecule has 5 heteroatoms. The summed E-state index contributed by atoms with van der Waals surface area (Å²) in [6.45, 7) is 0. The van der Waals surface area contributed by atoms with E-state index in [-0.39, 0.29) is 11.4 Å². The number of carboxylic acids is 1. The zero-order chi connectivity index (χ0) is 15.5. The third-order valence-electron chi connectivity index (χ3n) is 3.24. The van der Waals surface area contributed by atoms with Crippen LogP contribution in [0.1, 0.15) is 21.6 Å². The first-order chi connectivity index (χ1) is 10.6. The molecule has 1 N–H and O–H groups in total. The molecule has 1 heterocycles. The average molecular weight is 313 g/mol. The molecule has 0 fully saturated rings. The van der Waals surface area contributed by atoms with E-state index in [2.05, 4.69) is 4.98 Å². The Morgan fingerprint density at radius 1 is 1.18 bits per heavy atom. The lowest BCUT2D eigenvalue weighted by Crippen LogP contribution is -1.96. The third-order valence-corrected chi connectivity index (χ3v) is 4.18. The molecule has 2 aromatic carbocycles. The molecule has 3 rings (SSSR count). The van der Waals surface area contributed by atoms with Crippen LogP contribution in [0.15, 0.2) is 53.9 Å². The lowest BCUT2D eigenvalue weighted by molar-refractivity contribution is 0.0697. The van der Waals surface area contributed by atoms with E-state index in [9.17, 15) is 9.18 Å². The Balaban J connectivity index is 1.86. The number of thiazole rings is 1. The normalized spacial score (nSPS) is 10.6. The molecule has 110 valence electrons. The van der Waals surface area contributed by atoms with Gasteiger partial charge in [0.05, 0.1) is 11.3 Å². The highest BCUT2D eigenvalue weighted by Gasteiger charge is 2.10. The predicted octanol–water partition coefficient (Wildman–Crippen LogP) is 4.24. The van der Waals surface area contributed by atoms with Gasteiger partial charge in [0.15, 0.2) is 0 Å². The van der Waals surface area contributed by atoms with Gasteiger partial charge >= 0.3 is 5.97 Å². The molecule has 0 radical (unpaired) electrons. The van der Waals surface area contributed by atoms with Crippen LogP contribution in [-0.2, 0) is 6.42 Å². The number of aromatic carboxylic acids is 1. The minimum atomic E-state index is -0.968. The number of benzene rings is 2. The summed E-state index contributed by atoms with van der Waals surface area (Å²) in [7, 11) is 0. The maximum absolute atomic E-state index is 13.7. The molecule has 0 aliphatic carbocycles. The lowest BCUT2D eigenvalue weighted by atomic mass is 10.1. The monoisotopic (exact) mass is 313 g/mol. The van der Waals surface area contributed by atoms with Gasteiger partial charge in [-0.1, -0.05) is 30.3 Å². The Morgan fingerprint density at radius 2 is 2.00 bits per heavy atom. The highest BCUT2D eigenvalue weighted by Crippen LogP contribution is 2.26. The highest BCUT2D eigenvalue weighted by molar-refractivity contribution is 7.13. The van der Waals surface area contributed by atoms with Crippen molar-refractivity contribution in [2.75, 3.05) is 0 Å². The van der Waals surface area contributed by atoms with Crippen molar-refractivity contribution >= 4 is 17.3 Å². The molecule has 22 heavy (non-hydrogen) atoms. The lowest BCUT2D eigenvalue weighted by Gasteiger charge is -2.00. The van der Waals surface area contributed by atoms with Gasteiger partial charge < -0.3 is 5.11 Å². The first-order valence-corrected chi connectivity index (χ1v) is 7.53. The van der Waals surface area contributed by atoms with Crippen LogP contribution in [0.5, 0.6) is 0 Å². The van der Waals surface area contributed by atoms with Crippen molar-refractivity contribution in [3.8, 4) is 10.6 Å². The van der Waals surface area contributed by atoms with E-state index in [0.29, 0.717) is 12.0 Å². The molecule has 3 nitrogen and oxygen atoms in total. The van der Waals surface area contributed by atoms with E-state index in [4.69, 9.17) is 5.11 Å². The molecular formula is C17H12FNO2S. The summed E-state index contributed by atoms with van der Waals surface area (Å²) in [4.78, 5) is 15.5. The van der Waals surface area contributed by atoms with Gasteiger partial charge in [-0.3, -0.25) is 0 Å². The highest BCUT2D eigenvalue weighted by atomic mass is 32.1. The summed E-state index contributed by atoms with van der Waals surface area (Å²) >= 11 is 1.42. The van der Waals surface area contributed by atoms with Crippen LogP contribution in [0.4, 0.5) is 4.39 Å². The van der Waals surface area contributed by atoms with E-state index < -0.39 is 5.97 Å². The fourth-order valence-electron chi connectivity index (χ4n) is 2.14. The summed E-state index contributed by atoms with van der Waals surface area (Å²) in [6, 6.07) is 13.3. The van der Waals surface area contributed by atoms with Crippen molar-refractivity contribution in [3.63, 3.8) is 0 Å². The number of hydrogen-bond donors (Lipinski definition) is 1. The van der Waals surface area contributed by atoms with Crippen LogP contribution in [0, 0.1) is 5.82 Å². The summed E-state index contributed by atoms with van der Waals surface area (Å²) in [5.74, 6) is -1.21. The van der Waals surface area contributed by atoms with Crippen molar-refractivity contribution in [2.45, 2.75) is 6.42 Å². The Labute approximate surface area is 130 Å². The first kappa shape index (κ1) is 14.4. The molecule has 0 spiro atoms. The molecule has 0 unspecified atom stereocenters. The molecular weight excluding hydrogens is 301 g/mol. The molecule has 0 saturated heterocycles. The number of aromatic nitrogens is 1. The smallest absolute Gasteiger partial charge is 0.335 e. The van der Waals surface area contributed by atoms with Crippen LogP contribution in [-0.4, -0.2) is 16.1 Å². The molecule has 0 saturated carbocycles. The maximum Gasteiger partial charge on any atom is 0.335 e. The largest absolute Gasteiger partial charge is 0.478 e. The van der Waals surface area contributed by atoms with Gasteiger partial charge in [-0.2, -0.15) is 0 Å². The summed E-state index contributed by atoms with van der Waals surface area (Å²) in [5.41, 5.74) is 2.34. The van der Waals surface area contributed by atoms with Crippen molar-refractivity contribution in [3.05, 3.63) is 76.5 Å². The standard InChI is InChI=1S/C17H12FNO2S/c18-15-7-2-1-4-11(15)9-14-10-22-16(19-14)12-5-3-6-13(8-12)17(20)21/h1-8,10H,9H2,(H,20,21). The second kappa shape index (κ2) is 6.07. The Bertz CT molecular complexity index is 829. The second-order valence-electron chi connectivity index (χ2n) is 4.80. The molecule has 0 aliphatic heterocycles. The van der Waals surface area contributed by atoms with Gasteiger partial charge in [-0.15, -0.1) is 11.3 Å². The van der Waals surface area contributed by atoms with E-state index >= 15 is 0 Å². The first-order valence-electron chi connectivity index (χ1n) is 6.65. The number of carbonyl (C=O) groups is 1. The van der Waals surface area contributed by atoms with E-state index in [1.807, 2.05) is 11.4 Å². The number of rotatable bonds is 4. The van der Waals surface area contributed by atoms with Crippen LogP contribution < -0.4 is 0 Å². The van der Waals surface area contributed by atoms with Gasteiger partial charge in [-0.25, -0.2) is 14.2 Å². The quantitative estimate of drug-likeness (QED) is 0.784. The van der Waals surface area contributed by atoms with Crippen LogP contribution in [0.25, 0.3) is 10.6 Å². The van der Waals surface area contributed by atoms with E-state index in [1.54, 1.807) is 36.4 Å². The van der Waals surface area contributed by atoms with Gasteiger partial charge in [0.1, 0.15) is 10.8 Å². The number of hydrogen-bond acceptors (Lipinski definition) is 3. The van der Waals surface area contributed by atoms with Crippen LogP contribution >= 0.6 is 11.3 Å². The minimum Gasteiger partial charge on any atom is -0.478 e. The predicted molar refractivity (Wildman–Crippen MR) is 83.7 cm³/mol. The molecule has 1 aromatic heterocycles. The van der Waals surface area contributed by atoms with Crippen molar-refractivity contribution in [2.24, 2.45) is 0 Å². The second-order valence-corrected chi connectivity index (χ2v) is 5.66. The van der Waals surface area contributed by atoms with Gasteiger partial charge in [0.25, 0.3) is 0 Å². The molecule has 0 bridgehead atoms. The fraction of sp³-hybridized carbons (Fsp3) is 0.0588. The zero-order valence-electron chi connectivity index (χ0n) is 11.5. The Morgan fingerprint density at radius 3 is 2.77 bits per heavy atom. The third kappa shape index (κ3) is 3.04. The Hall–Kier alpha value is -2.53. The van der Waals surface area contributed by atoms with Gasteiger partial charge in [0.2, 0.25) is 0 Å². The number of carboxylic acid groups (broad SMARTS) is 1. The SMILES string of the molecule is O=C(O)c1cccc(-c2nc(Cc3ccccc3F)cs2)c1.